The Morgan fingerprint density at radius 3 is 2.45 bits per heavy atom. The molecular weight excluding hydrogens is 275 g/mol. The zero-order chi connectivity index (χ0) is 14.8. The van der Waals surface area contributed by atoms with E-state index < -0.39 is 7.37 Å². The monoisotopic (exact) mass is 298 g/mol. The van der Waals surface area contributed by atoms with Crippen LogP contribution in [0.2, 0.25) is 0 Å². The molecule has 1 aromatic rings. The maximum Gasteiger partial charge on any atom is 0.305 e. The van der Waals surface area contributed by atoms with Crippen molar-refractivity contribution in [1.29, 1.82) is 0 Å². The van der Waals surface area contributed by atoms with Gasteiger partial charge in [-0.3, -0.25) is 9.36 Å². The number of carbonyl (C=O) groups is 1. The summed E-state index contributed by atoms with van der Waals surface area (Å²) >= 11 is 0. The Bertz CT molecular complexity index is 444. The average Bonchev–Trinajstić information content (AvgIpc) is 2.50. The first-order chi connectivity index (χ1) is 9.62. The van der Waals surface area contributed by atoms with Crippen molar-refractivity contribution in [3.63, 3.8) is 0 Å². The lowest BCUT2D eigenvalue weighted by Crippen LogP contribution is -2.13. The van der Waals surface area contributed by atoms with E-state index in [0.717, 1.165) is 11.7 Å². The predicted octanol–water partition coefficient (Wildman–Crippen LogP) is 3.36. The molecule has 1 unspecified atom stereocenters. The standard InChI is InChI=1S/C15H23O4P/c1-3-11-19-20(17,14-9-6-5-7-10-14)13-8-12-18-15(16)4-2/h5-7,9-10H,3-4,8,11-13H2,1-2H3. The molecule has 5 heteroatoms. The predicted molar refractivity (Wildman–Crippen MR) is 80.7 cm³/mol. The van der Waals surface area contributed by atoms with Gasteiger partial charge in [0.25, 0.3) is 0 Å². The van der Waals surface area contributed by atoms with Gasteiger partial charge < -0.3 is 9.26 Å². The molecule has 0 aromatic heterocycles. The maximum absolute atomic E-state index is 12.9. The number of benzene rings is 1. The Kier molecular flexibility index (Phi) is 7.56. The zero-order valence-electron chi connectivity index (χ0n) is 12.2. The second-order valence-corrected chi connectivity index (χ2v) is 7.06. The van der Waals surface area contributed by atoms with E-state index in [4.69, 9.17) is 9.26 Å². The molecule has 0 amide bonds. The van der Waals surface area contributed by atoms with Gasteiger partial charge in [-0.05, 0) is 25.0 Å². The van der Waals surface area contributed by atoms with Gasteiger partial charge in [0, 0.05) is 17.9 Å². The van der Waals surface area contributed by atoms with Gasteiger partial charge in [-0.1, -0.05) is 32.0 Å². The van der Waals surface area contributed by atoms with Crippen LogP contribution in [0.3, 0.4) is 0 Å². The third-order valence-electron chi connectivity index (χ3n) is 2.80. The summed E-state index contributed by atoms with van der Waals surface area (Å²) < 4.78 is 23.5. The molecule has 0 aliphatic heterocycles. The Labute approximate surface area is 120 Å². The van der Waals surface area contributed by atoms with E-state index in [-0.39, 0.29) is 5.97 Å². The second kappa shape index (κ2) is 8.93. The van der Waals surface area contributed by atoms with E-state index in [1.807, 2.05) is 37.3 Å². The van der Waals surface area contributed by atoms with Gasteiger partial charge in [0.05, 0.1) is 13.2 Å². The summed E-state index contributed by atoms with van der Waals surface area (Å²) in [6, 6.07) is 9.25. The fourth-order valence-electron chi connectivity index (χ4n) is 1.72. The molecule has 0 N–H and O–H groups in total. The molecule has 0 radical (unpaired) electrons. The summed E-state index contributed by atoms with van der Waals surface area (Å²) in [6.45, 7) is 4.50. The Hall–Kier alpha value is -1.12. The molecule has 20 heavy (non-hydrogen) atoms. The van der Waals surface area contributed by atoms with Crippen molar-refractivity contribution in [2.45, 2.75) is 33.1 Å². The molecule has 1 aromatic carbocycles. The van der Waals surface area contributed by atoms with Crippen molar-refractivity contribution >= 4 is 18.6 Å². The van der Waals surface area contributed by atoms with Gasteiger partial charge in [0.1, 0.15) is 0 Å². The number of rotatable bonds is 9. The molecule has 0 heterocycles. The van der Waals surface area contributed by atoms with E-state index in [1.54, 1.807) is 6.92 Å². The average molecular weight is 298 g/mol. The van der Waals surface area contributed by atoms with Gasteiger partial charge in [-0.2, -0.15) is 0 Å². The van der Waals surface area contributed by atoms with E-state index in [0.29, 0.717) is 32.2 Å². The molecule has 0 aliphatic carbocycles. The van der Waals surface area contributed by atoms with Gasteiger partial charge in [-0.25, -0.2) is 0 Å². The first-order valence-electron chi connectivity index (χ1n) is 7.07. The molecule has 0 bridgehead atoms. The van der Waals surface area contributed by atoms with Gasteiger partial charge in [0.15, 0.2) is 0 Å². The lowest BCUT2D eigenvalue weighted by atomic mass is 10.4. The third-order valence-corrected chi connectivity index (χ3v) is 5.39. The molecule has 1 atom stereocenters. The van der Waals surface area contributed by atoms with Gasteiger partial charge >= 0.3 is 5.97 Å². The Morgan fingerprint density at radius 1 is 1.15 bits per heavy atom. The number of carbonyl (C=O) groups excluding carboxylic acids is 1. The van der Waals surface area contributed by atoms with E-state index >= 15 is 0 Å². The van der Waals surface area contributed by atoms with Crippen LogP contribution >= 0.6 is 7.37 Å². The molecule has 4 nitrogen and oxygen atoms in total. The molecule has 0 aliphatic rings. The van der Waals surface area contributed by atoms with Crippen LogP contribution in [0.5, 0.6) is 0 Å². The van der Waals surface area contributed by atoms with Crippen LogP contribution in [0, 0.1) is 0 Å². The van der Waals surface area contributed by atoms with E-state index in [9.17, 15) is 9.36 Å². The third kappa shape index (κ3) is 5.48. The lowest BCUT2D eigenvalue weighted by Gasteiger charge is -2.18. The highest BCUT2D eigenvalue weighted by Crippen LogP contribution is 2.46. The van der Waals surface area contributed by atoms with Crippen LogP contribution in [0.4, 0.5) is 0 Å². The van der Waals surface area contributed by atoms with Crippen molar-refractivity contribution in [3.8, 4) is 0 Å². The van der Waals surface area contributed by atoms with Crippen LogP contribution in [0.15, 0.2) is 30.3 Å². The van der Waals surface area contributed by atoms with Gasteiger partial charge in [-0.15, -0.1) is 0 Å². The molecular formula is C15H23O4P. The minimum Gasteiger partial charge on any atom is -0.466 e. The second-order valence-electron chi connectivity index (χ2n) is 4.49. The van der Waals surface area contributed by atoms with Crippen LogP contribution in [0.25, 0.3) is 0 Å². The summed E-state index contributed by atoms with van der Waals surface area (Å²) in [5.41, 5.74) is 0. The van der Waals surface area contributed by atoms with Crippen molar-refractivity contribution in [3.05, 3.63) is 30.3 Å². The maximum atomic E-state index is 12.9. The SMILES string of the molecule is CCCOP(=O)(CCCOC(=O)CC)c1ccccc1. The number of hydrogen-bond acceptors (Lipinski definition) is 4. The molecule has 112 valence electrons. The number of esters is 1. The molecule has 0 fully saturated rings. The summed E-state index contributed by atoms with van der Waals surface area (Å²) in [4.78, 5) is 11.1. The first kappa shape index (κ1) is 16.9. The van der Waals surface area contributed by atoms with Crippen LogP contribution < -0.4 is 5.30 Å². The summed E-state index contributed by atoms with van der Waals surface area (Å²) in [7, 11) is -2.85. The fourth-order valence-corrected chi connectivity index (χ4v) is 3.91. The Balaban J connectivity index is 2.60. The smallest absolute Gasteiger partial charge is 0.305 e. The molecule has 0 saturated heterocycles. The van der Waals surface area contributed by atoms with Crippen molar-refractivity contribution in [1.82, 2.24) is 0 Å². The highest BCUT2D eigenvalue weighted by atomic mass is 31.2. The molecule has 1 rings (SSSR count). The molecule has 0 saturated carbocycles. The highest BCUT2D eigenvalue weighted by Gasteiger charge is 2.25. The minimum absolute atomic E-state index is 0.228. The zero-order valence-corrected chi connectivity index (χ0v) is 13.1. The summed E-state index contributed by atoms with van der Waals surface area (Å²) in [5.74, 6) is -0.228. The summed E-state index contributed by atoms with van der Waals surface area (Å²) in [6.07, 6.45) is 2.12. The van der Waals surface area contributed by atoms with E-state index in [2.05, 4.69) is 0 Å². The quantitative estimate of drug-likeness (QED) is 0.398. The number of ether oxygens (including phenoxy) is 1. The molecule has 0 spiro atoms. The van der Waals surface area contributed by atoms with Crippen LogP contribution in [-0.4, -0.2) is 25.3 Å². The number of hydrogen-bond donors (Lipinski definition) is 0. The minimum atomic E-state index is -2.85. The van der Waals surface area contributed by atoms with E-state index in [1.165, 1.54) is 0 Å². The summed E-state index contributed by atoms with van der Waals surface area (Å²) in [5, 5.41) is 0.732. The Morgan fingerprint density at radius 2 is 1.85 bits per heavy atom. The largest absolute Gasteiger partial charge is 0.466 e. The fraction of sp³-hybridized carbons (Fsp3) is 0.533. The topological polar surface area (TPSA) is 52.6 Å². The van der Waals surface area contributed by atoms with Crippen molar-refractivity contribution in [2.24, 2.45) is 0 Å². The lowest BCUT2D eigenvalue weighted by molar-refractivity contribution is -0.143. The van der Waals surface area contributed by atoms with Crippen molar-refractivity contribution < 1.29 is 18.6 Å². The highest BCUT2D eigenvalue weighted by molar-refractivity contribution is 7.67. The van der Waals surface area contributed by atoms with Crippen molar-refractivity contribution in [2.75, 3.05) is 19.4 Å². The van der Waals surface area contributed by atoms with Crippen LogP contribution in [0.1, 0.15) is 33.1 Å². The van der Waals surface area contributed by atoms with Gasteiger partial charge in [0.2, 0.25) is 7.37 Å². The normalized spacial score (nSPS) is 13.7. The van der Waals surface area contributed by atoms with Crippen LogP contribution in [-0.2, 0) is 18.6 Å². The first-order valence-corrected chi connectivity index (χ1v) is 8.88.